The van der Waals surface area contributed by atoms with Crippen LogP contribution >= 0.6 is 0 Å². The standard InChI is InChI=1S/C13H27NO6/c1-2-3-4-17-5-6-18-7-8-19-9-10-20-12(11-14)13(15)16/h12H,2-11,14H2,1H3,(H,15,16). The van der Waals surface area contributed by atoms with Gasteiger partial charge < -0.3 is 29.8 Å². The molecule has 120 valence electrons. The van der Waals surface area contributed by atoms with Gasteiger partial charge in [0.15, 0.2) is 6.10 Å². The monoisotopic (exact) mass is 293 g/mol. The molecule has 0 aliphatic carbocycles. The lowest BCUT2D eigenvalue weighted by Crippen LogP contribution is -2.33. The number of hydrogen-bond donors (Lipinski definition) is 2. The van der Waals surface area contributed by atoms with Crippen molar-refractivity contribution in [2.24, 2.45) is 5.73 Å². The van der Waals surface area contributed by atoms with Crippen molar-refractivity contribution in [3.63, 3.8) is 0 Å². The summed E-state index contributed by atoms with van der Waals surface area (Å²) in [6.07, 6.45) is 1.24. The molecule has 0 aromatic heterocycles. The average molecular weight is 293 g/mol. The van der Waals surface area contributed by atoms with Crippen molar-refractivity contribution in [3.05, 3.63) is 0 Å². The van der Waals surface area contributed by atoms with Gasteiger partial charge in [0.05, 0.1) is 39.6 Å². The molecule has 3 N–H and O–H groups in total. The first-order chi connectivity index (χ1) is 9.72. The van der Waals surface area contributed by atoms with E-state index in [1.807, 2.05) is 0 Å². The first kappa shape index (κ1) is 19.3. The maximum Gasteiger partial charge on any atom is 0.334 e. The first-order valence-electron chi connectivity index (χ1n) is 7.00. The fraction of sp³-hybridized carbons (Fsp3) is 0.923. The molecule has 1 unspecified atom stereocenters. The van der Waals surface area contributed by atoms with Crippen LogP contribution in [0.5, 0.6) is 0 Å². The first-order valence-corrected chi connectivity index (χ1v) is 7.00. The van der Waals surface area contributed by atoms with Crippen LogP contribution in [0.1, 0.15) is 19.8 Å². The summed E-state index contributed by atoms with van der Waals surface area (Å²) in [5.41, 5.74) is 5.23. The minimum absolute atomic E-state index is 0.0452. The zero-order valence-electron chi connectivity index (χ0n) is 12.2. The number of ether oxygens (including phenoxy) is 4. The van der Waals surface area contributed by atoms with Crippen molar-refractivity contribution in [1.29, 1.82) is 0 Å². The Balaban J connectivity index is 3.15. The second-order valence-electron chi connectivity index (χ2n) is 4.12. The molecule has 0 aromatic carbocycles. The summed E-state index contributed by atoms with van der Waals surface area (Å²) in [5.74, 6) is -1.06. The quantitative estimate of drug-likeness (QED) is 0.418. The molecule has 0 spiro atoms. The van der Waals surface area contributed by atoms with Crippen LogP contribution in [0.15, 0.2) is 0 Å². The summed E-state index contributed by atoms with van der Waals surface area (Å²) in [6, 6.07) is 0. The van der Waals surface area contributed by atoms with E-state index in [2.05, 4.69) is 6.92 Å². The van der Waals surface area contributed by atoms with E-state index in [0.717, 1.165) is 19.4 Å². The lowest BCUT2D eigenvalue weighted by molar-refractivity contribution is -0.150. The number of nitrogens with two attached hydrogens (primary N) is 1. The van der Waals surface area contributed by atoms with E-state index in [-0.39, 0.29) is 13.2 Å². The molecule has 0 fully saturated rings. The molecule has 0 saturated carbocycles. The van der Waals surface area contributed by atoms with E-state index >= 15 is 0 Å². The van der Waals surface area contributed by atoms with E-state index in [9.17, 15) is 4.79 Å². The molecule has 1 atom stereocenters. The molecule has 0 aromatic rings. The fourth-order valence-corrected chi connectivity index (χ4v) is 1.28. The Morgan fingerprint density at radius 1 is 1.00 bits per heavy atom. The third-order valence-electron chi connectivity index (χ3n) is 2.42. The van der Waals surface area contributed by atoms with Gasteiger partial charge in [0.1, 0.15) is 0 Å². The van der Waals surface area contributed by atoms with Crippen molar-refractivity contribution >= 4 is 5.97 Å². The van der Waals surface area contributed by atoms with Crippen LogP contribution in [0.3, 0.4) is 0 Å². The molecule has 0 heterocycles. The maximum absolute atomic E-state index is 10.6. The third kappa shape index (κ3) is 12.3. The van der Waals surface area contributed by atoms with Gasteiger partial charge in [-0.25, -0.2) is 4.79 Å². The summed E-state index contributed by atoms with van der Waals surface area (Å²) >= 11 is 0. The lowest BCUT2D eigenvalue weighted by Gasteiger charge is -2.11. The predicted octanol–water partition coefficient (Wildman–Crippen LogP) is 0.265. The van der Waals surface area contributed by atoms with Crippen LogP contribution in [0.25, 0.3) is 0 Å². The molecular weight excluding hydrogens is 266 g/mol. The van der Waals surface area contributed by atoms with Gasteiger partial charge in [-0.1, -0.05) is 13.3 Å². The summed E-state index contributed by atoms with van der Waals surface area (Å²) < 4.78 is 20.9. The second-order valence-corrected chi connectivity index (χ2v) is 4.12. The van der Waals surface area contributed by atoms with Gasteiger partial charge in [-0.05, 0) is 6.42 Å². The molecule has 7 heteroatoms. The Morgan fingerprint density at radius 2 is 1.50 bits per heavy atom. The Hall–Kier alpha value is -0.730. The maximum atomic E-state index is 10.6. The van der Waals surface area contributed by atoms with Crippen LogP contribution in [-0.2, 0) is 23.7 Å². The van der Waals surface area contributed by atoms with Crippen molar-refractivity contribution < 1.29 is 28.8 Å². The molecule has 20 heavy (non-hydrogen) atoms. The molecular formula is C13H27NO6. The van der Waals surface area contributed by atoms with Crippen LogP contribution in [0.4, 0.5) is 0 Å². The molecule has 0 aliphatic rings. The minimum Gasteiger partial charge on any atom is -0.479 e. The number of carboxylic acid groups (broad SMARTS) is 1. The largest absolute Gasteiger partial charge is 0.479 e. The van der Waals surface area contributed by atoms with E-state index < -0.39 is 12.1 Å². The number of rotatable bonds is 15. The molecule has 0 rings (SSSR count). The summed E-state index contributed by atoms with van der Waals surface area (Å²) in [6.45, 7) is 5.45. The van der Waals surface area contributed by atoms with Crippen molar-refractivity contribution in [1.82, 2.24) is 0 Å². The molecule has 0 bridgehead atoms. The van der Waals surface area contributed by atoms with Crippen LogP contribution in [-0.4, -0.2) is 70.0 Å². The second kappa shape index (κ2) is 14.7. The van der Waals surface area contributed by atoms with Gasteiger partial charge >= 0.3 is 5.97 Å². The van der Waals surface area contributed by atoms with Gasteiger partial charge in [-0.15, -0.1) is 0 Å². The van der Waals surface area contributed by atoms with Crippen LogP contribution in [0.2, 0.25) is 0 Å². The highest BCUT2D eigenvalue weighted by Crippen LogP contribution is 1.91. The van der Waals surface area contributed by atoms with Gasteiger partial charge in [0.2, 0.25) is 0 Å². The number of carbonyl (C=O) groups is 1. The smallest absolute Gasteiger partial charge is 0.334 e. The summed E-state index contributed by atoms with van der Waals surface area (Å²) in [4.78, 5) is 10.6. The number of unbranched alkanes of at least 4 members (excludes halogenated alkanes) is 1. The van der Waals surface area contributed by atoms with E-state index in [4.69, 9.17) is 29.8 Å². The average Bonchev–Trinajstić information content (AvgIpc) is 2.43. The number of hydrogen-bond acceptors (Lipinski definition) is 6. The molecule has 0 aliphatic heterocycles. The lowest BCUT2D eigenvalue weighted by atomic mass is 10.4. The highest BCUT2D eigenvalue weighted by molar-refractivity contribution is 5.72. The minimum atomic E-state index is -1.06. The fourth-order valence-electron chi connectivity index (χ4n) is 1.28. The third-order valence-corrected chi connectivity index (χ3v) is 2.42. The molecule has 7 nitrogen and oxygen atoms in total. The zero-order chi connectivity index (χ0) is 15.1. The normalized spacial score (nSPS) is 12.5. The topological polar surface area (TPSA) is 100 Å². The molecule has 0 saturated heterocycles. The van der Waals surface area contributed by atoms with Gasteiger partial charge in [0.25, 0.3) is 0 Å². The Morgan fingerprint density at radius 3 is 1.95 bits per heavy atom. The Bertz CT molecular complexity index is 227. The van der Waals surface area contributed by atoms with Crippen molar-refractivity contribution in [2.75, 3.05) is 52.8 Å². The Labute approximate surface area is 120 Å². The van der Waals surface area contributed by atoms with Gasteiger partial charge in [0, 0.05) is 13.2 Å². The zero-order valence-corrected chi connectivity index (χ0v) is 12.2. The number of carboxylic acids is 1. The van der Waals surface area contributed by atoms with Crippen molar-refractivity contribution in [3.8, 4) is 0 Å². The summed E-state index contributed by atoms with van der Waals surface area (Å²) in [5, 5.41) is 8.67. The van der Waals surface area contributed by atoms with Crippen LogP contribution in [0, 0.1) is 0 Å². The van der Waals surface area contributed by atoms with Crippen molar-refractivity contribution in [2.45, 2.75) is 25.9 Å². The number of aliphatic carboxylic acids is 1. The van der Waals surface area contributed by atoms with E-state index in [1.165, 1.54) is 0 Å². The molecule has 0 radical (unpaired) electrons. The van der Waals surface area contributed by atoms with Gasteiger partial charge in [-0.3, -0.25) is 0 Å². The molecule has 0 amide bonds. The van der Waals surface area contributed by atoms with Gasteiger partial charge in [-0.2, -0.15) is 0 Å². The summed E-state index contributed by atoms with van der Waals surface area (Å²) in [7, 11) is 0. The van der Waals surface area contributed by atoms with Crippen LogP contribution < -0.4 is 5.73 Å². The highest BCUT2D eigenvalue weighted by atomic mass is 16.6. The highest BCUT2D eigenvalue weighted by Gasteiger charge is 2.14. The predicted molar refractivity (Wildman–Crippen MR) is 73.8 cm³/mol. The SMILES string of the molecule is CCCCOCCOCCOCCOC(CN)C(=O)O. The Kier molecular flexibility index (Phi) is 14.1. The van der Waals surface area contributed by atoms with E-state index in [0.29, 0.717) is 33.0 Å². The van der Waals surface area contributed by atoms with E-state index in [1.54, 1.807) is 0 Å².